The SMILES string of the molecule is O=C(Nc1c(Cl)cccc1Cl)c1cc(Cl)ccc1Cl. The van der Waals surface area contributed by atoms with Crippen LogP contribution in [0.3, 0.4) is 0 Å². The van der Waals surface area contributed by atoms with Gasteiger partial charge in [-0.15, -0.1) is 0 Å². The largest absolute Gasteiger partial charge is 0.319 e. The first kappa shape index (κ1) is 14.5. The van der Waals surface area contributed by atoms with Gasteiger partial charge >= 0.3 is 0 Å². The van der Waals surface area contributed by atoms with Crippen molar-refractivity contribution in [2.24, 2.45) is 0 Å². The van der Waals surface area contributed by atoms with E-state index >= 15 is 0 Å². The van der Waals surface area contributed by atoms with Gasteiger partial charge in [0.1, 0.15) is 0 Å². The molecule has 0 aliphatic rings. The smallest absolute Gasteiger partial charge is 0.257 e. The molecule has 1 amide bonds. The van der Waals surface area contributed by atoms with E-state index in [2.05, 4.69) is 5.32 Å². The second-order valence-electron chi connectivity index (χ2n) is 3.67. The van der Waals surface area contributed by atoms with Crippen LogP contribution in [0.25, 0.3) is 0 Å². The third-order valence-electron chi connectivity index (χ3n) is 2.37. The third kappa shape index (κ3) is 3.34. The summed E-state index contributed by atoms with van der Waals surface area (Å²) < 4.78 is 0. The average Bonchev–Trinajstić information content (AvgIpc) is 2.37. The van der Waals surface area contributed by atoms with Crippen LogP contribution < -0.4 is 5.32 Å². The van der Waals surface area contributed by atoms with Gasteiger partial charge in [-0.1, -0.05) is 52.5 Å². The van der Waals surface area contributed by atoms with E-state index in [0.717, 1.165) is 0 Å². The number of amides is 1. The van der Waals surface area contributed by atoms with Crippen molar-refractivity contribution in [2.75, 3.05) is 5.32 Å². The number of carbonyl (C=O) groups excluding carboxylic acids is 1. The molecule has 2 rings (SSSR count). The highest BCUT2D eigenvalue weighted by molar-refractivity contribution is 6.40. The van der Waals surface area contributed by atoms with Crippen LogP contribution >= 0.6 is 46.4 Å². The van der Waals surface area contributed by atoms with Crippen LogP contribution in [0, 0.1) is 0 Å². The van der Waals surface area contributed by atoms with Crippen molar-refractivity contribution in [2.45, 2.75) is 0 Å². The van der Waals surface area contributed by atoms with E-state index < -0.39 is 5.91 Å². The fourth-order valence-electron chi connectivity index (χ4n) is 1.47. The Morgan fingerprint density at radius 2 is 1.53 bits per heavy atom. The maximum Gasteiger partial charge on any atom is 0.257 e. The van der Waals surface area contributed by atoms with Crippen LogP contribution in [0.5, 0.6) is 0 Å². The van der Waals surface area contributed by atoms with Gasteiger partial charge in [0, 0.05) is 5.02 Å². The fraction of sp³-hybridized carbons (Fsp3) is 0. The summed E-state index contributed by atoms with van der Waals surface area (Å²) in [6.07, 6.45) is 0. The molecule has 2 aromatic carbocycles. The molecular weight excluding hydrogens is 328 g/mol. The maximum absolute atomic E-state index is 12.1. The van der Waals surface area contributed by atoms with Gasteiger partial charge in [0.15, 0.2) is 0 Å². The number of carbonyl (C=O) groups is 1. The van der Waals surface area contributed by atoms with Gasteiger partial charge in [-0.25, -0.2) is 0 Å². The lowest BCUT2D eigenvalue weighted by atomic mass is 10.2. The number of hydrogen-bond acceptors (Lipinski definition) is 1. The summed E-state index contributed by atoms with van der Waals surface area (Å²) in [5.74, 6) is -0.428. The first-order valence-electron chi connectivity index (χ1n) is 5.19. The lowest BCUT2D eigenvalue weighted by Gasteiger charge is -2.10. The quantitative estimate of drug-likeness (QED) is 0.766. The summed E-state index contributed by atoms with van der Waals surface area (Å²) >= 11 is 23.7. The summed E-state index contributed by atoms with van der Waals surface area (Å²) in [4.78, 5) is 12.1. The number of benzene rings is 2. The molecule has 0 saturated carbocycles. The zero-order chi connectivity index (χ0) is 14.0. The van der Waals surface area contributed by atoms with Crippen LogP contribution in [0.1, 0.15) is 10.4 Å². The lowest BCUT2D eigenvalue weighted by Crippen LogP contribution is -2.13. The number of nitrogens with one attached hydrogen (secondary N) is 1. The van der Waals surface area contributed by atoms with E-state index in [0.29, 0.717) is 25.8 Å². The molecule has 0 spiro atoms. The first-order valence-corrected chi connectivity index (χ1v) is 6.70. The number of halogens is 4. The second kappa shape index (κ2) is 6.02. The molecule has 0 unspecified atom stereocenters. The molecule has 2 nitrogen and oxygen atoms in total. The molecule has 0 radical (unpaired) electrons. The molecule has 0 aliphatic carbocycles. The van der Waals surface area contributed by atoms with Crippen molar-refractivity contribution >= 4 is 58.0 Å². The minimum absolute atomic E-state index is 0.255. The van der Waals surface area contributed by atoms with Gasteiger partial charge in [-0.05, 0) is 30.3 Å². The molecule has 0 bridgehead atoms. The summed E-state index contributed by atoms with van der Waals surface area (Å²) in [5.41, 5.74) is 0.594. The van der Waals surface area contributed by atoms with Gasteiger partial charge in [-0.2, -0.15) is 0 Å². The number of para-hydroxylation sites is 1. The van der Waals surface area contributed by atoms with Crippen LogP contribution in [0.4, 0.5) is 5.69 Å². The molecule has 6 heteroatoms. The Bertz CT molecular complexity index is 622. The standard InChI is InChI=1S/C13H7Cl4NO/c14-7-4-5-9(15)8(6-7)13(19)18-12-10(16)2-1-3-11(12)17/h1-6H,(H,18,19). The van der Waals surface area contributed by atoms with Gasteiger partial charge < -0.3 is 5.32 Å². The minimum atomic E-state index is -0.428. The van der Waals surface area contributed by atoms with E-state index in [1.165, 1.54) is 6.07 Å². The Kier molecular flexibility index (Phi) is 4.58. The minimum Gasteiger partial charge on any atom is -0.319 e. The van der Waals surface area contributed by atoms with Gasteiger partial charge in [0.2, 0.25) is 0 Å². The first-order chi connectivity index (χ1) is 8.99. The predicted molar refractivity (Wildman–Crippen MR) is 80.9 cm³/mol. The van der Waals surface area contributed by atoms with Crippen molar-refractivity contribution in [1.29, 1.82) is 0 Å². The van der Waals surface area contributed by atoms with Crippen molar-refractivity contribution in [1.82, 2.24) is 0 Å². The molecule has 0 aliphatic heterocycles. The number of hydrogen-bond donors (Lipinski definition) is 1. The summed E-state index contributed by atoms with van der Waals surface area (Å²) in [6.45, 7) is 0. The highest BCUT2D eigenvalue weighted by atomic mass is 35.5. The average molecular weight is 335 g/mol. The maximum atomic E-state index is 12.1. The summed E-state index contributed by atoms with van der Waals surface area (Å²) in [5, 5.41) is 4.02. The highest BCUT2D eigenvalue weighted by Crippen LogP contribution is 2.31. The zero-order valence-electron chi connectivity index (χ0n) is 9.38. The van der Waals surface area contributed by atoms with Gasteiger partial charge in [0.25, 0.3) is 5.91 Å². The predicted octanol–water partition coefficient (Wildman–Crippen LogP) is 5.55. The number of anilines is 1. The van der Waals surface area contributed by atoms with E-state index in [9.17, 15) is 4.79 Å². The molecule has 2 aromatic rings. The highest BCUT2D eigenvalue weighted by Gasteiger charge is 2.14. The third-order valence-corrected chi connectivity index (χ3v) is 3.57. The van der Waals surface area contributed by atoms with Gasteiger partial charge in [-0.3, -0.25) is 4.79 Å². The topological polar surface area (TPSA) is 29.1 Å². The Balaban J connectivity index is 2.34. The van der Waals surface area contributed by atoms with E-state index in [1.807, 2.05) is 0 Å². The van der Waals surface area contributed by atoms with E-state index in [1.54, 1.807) is 30.3 Å². The normalized spacial score (nSPS) is 10.3. The molecule has 1 N–H and O–H groups in total. The van der Waals surface area contributed by atoms with Crippen LogP contribution in [-0.2, 0) is 0 Å². The van der Waals surface area contributed by atoms with Gasteiger partial charge in [0.05, 0.1) is 26.3 Å². The molecule has 0 atom stereocenters. The zero-order valence-corrected chi connectivity index (χ0v) is 12.4. The Morgan fingerprint density at radius 3 is 2.16 bits per heavy atom. The molecular formula is C13H7Cl4NO. The fourth-order valence-corrected chi connectivity index (χ4v) is 2.34. The summed E-state index contributed by atoms with van der Waals surface area (Å²) in [6, 6.07) is 9.57. The van der Waals surface area contributed by atoms with Crippen molar-refractivity contribution < 1.29 is 4.79 Å². The van der Waals surface area contributed by atoms with E-state index in [4.69, 9.17) is 46.4 Å². The molecule has 0 heterocycles. The monoisotopic (exact) mass is 333 g/mol. The van der Waals surface area contributed by atoms with E-state index in [-0.39, 0.29) is 5.56 Å². The Labute approximate surface area is 130 Å². The molecule has 19 heavy (non-hydrogen) atoms. The van der Waals surface area contributed by atoms with Crippen LogP contribution in [0.15, 0.2) is 36.4 Å². The second-order valence-corrected chi connectivity index (χ2v) is 5.33. The molecule has 0 fully saturated rings. The van der Waals surface area contributed by atoms with Crippen LogP contribution in [-0.4, -0.2) is 5.91 Å². The molecule has 98 valence electrons. The Morgan fingerprint density at radius 1 is 0.895 bits per heavy atom. The number of rotatable bonds is 2. The van der Waals surface area contributed by atoms with Crippen molar-refractivity contribution in [3.63, 3.8) is 0 Å². The van der Waals surface area contributed by atoms with Crippen molar-refractivity contribution in [3.8, 4) is 0 Å². The molecule has 0 aromatic heterocycles. The Hall–Kier alpha value is -0.930. The molecule has 0 saturated heterocycles. The summed E-state index contributed by atoms with van der Waals surface area (Å²) in [7, 11) is 0. The van der Waals surface area contributed by atoms with Crippen LogP contribution in [0.2, 0.25) is 20.1 Å². The lowest BCUT2D eigenvalue weighted by molar-refractivity contribution is 0.102. The van der Waals surface area contributed by atoms with Crippen molar-refractivity contribution in [3.05, 3.63) is 62.1 Å².